The molecule has 0 amide bonds. The number of nitrogens with zero attached hydrogens (tertiary/aromatic N) is 1. The largest absolute Gasteiger partial charge is 0.494 e. The van der Waals surface area contributed by atoms with Gasteiger partial charge in [-0.3, -0.25) is 4.99 Å². The summed E-state index contributed by atoms with van der Waals surface area (Å²) in [6.07, 6.45) is 4.11. The summed E-state index contributed by atoms with van der Waals surface area (Å²) in [7, 11) is 3.18. The van der Waals surface area contributed by atoms with Crippen LogP contribution in [0.1, 0.15) is 31.4 Å². The molecule has 0 bridgehead atoms. The molecule has 1 aliphatic rings. The number of aliphatic imine (C=N–C) groups is 1. The van der Waals surface area contributed by atoms with Crippen molar-refractivity contribution < 1.29 is 13.9 Å². The van der Waals surface area contributed by atoms with Crippen LogP contribution in [-0.2, 0) is 4.74 Å². The molecule has 0 aliphatic carbocycles. The molecule has 132 valence electrons. The maximum atomic E-state index is 13.8. The first-order valence-electron chi connectivity index (χ1n) is 8.20. The van der Waals surface area contributed by atoms with E-state index in [9.17, 15) is 4.39 Å². The molecule has 1 atom stereocenters. The third-order valence-corrected chi connectivity index (χ3v) is 4.05. The minimum absolute atomic E-state index is 0.0705. The lowest BCUT2D eigenvalue weighted by Gasteiger charge is -2.19. The van der Waals surface area contributed by atoms with Crippen LogP contribution in [0.25, 0.3) is 0 Å². The van der Waals surface area contributed by atoms with Crippen molar-refractivity contribution in [2.75, 3.05) is 33.9 Å². The second-order valence-corrected chi connectivity index (χ2v) is 5.70. The van der Waals surface area contributed by atoms with Crippen LogP contribution in [0.5, 0.6) is 5.75 Å². The molecule has 1 aliphatic heterocycles. The van der Waals surface area contributed by atoms with Gasteiger partial charge in [-0.05, 0) is 37.5 Å². The number of hydrogen-bond acceptors (Lipinski definition) is 3. The van der Waals surface area contributed by atoms with Crippen molar-refractivity contribution in [2.45, 2.75) is 25.8 Å². The number of rotatable bonds is 6. The highest BCUT2D eigenvalue weighted by Crippen LogP contribution is 2.21. The lowest BCUT2D eigenvalue weighted by atomic mass is 10.1. The van der Waals surface area contributed by atoms with Crippen LogP contribution in [0.15, 0.2) is 34.8 Å². The standard InChI is InChI=1S/C18H26FN3O2/c1-13(15-4-5-17(23-3)16(19)12-15)22-18(20-2)21-9-6-14-7-10-24-11-8-14/h4-5,7,12-13H,6,8-11H2,1-3H3,(H2,20,21,22). The topological polar surface area (TPSA) is 54.9 Å². The molecule has 0 fully saturated rings. The van der Waals surface area contributed by atoms with Gasteiger partial charge in [0.2, 0.25) is 0 Å². The molecule has 2 rings (SSSR count). The van der Waals surface area contributed by atoms with Crippen molar-refractivity contribution >= 4 is 5.96 Å². The van der Waals surface area contributed by atoms with E-state index in [2.05, 4.69) is 21.7 Å². The first kappa shape index (κ1) is 18.3. The van der Waals surface area contributed by atoms with Crippen molar-refractivity contribution in [1.82, 2.24) is 10.6 Å². The normalized spacial score (nSPS) is 16.3. The van der Waals surface area contributed by atoms with Crippen LogP contribution in [-0.4, -0.2) is 39.9 Å². The smallest absolute Gasteiger partial charge is 0.191 e. The molecule has 0 spiro atoms. The highest BCUT2D eigenvalue weighted by Gasteiger charge is 2.11. The highest BCUT2D eigenvalue weighted by atomic mass is 19.1. The van der Waals surface area contributed by atoms with E-state index >= 15 is 0 Å². The molecule has 2 N–H and O–H groups in total. The fourth-order valence-corrected chi connectivity index (χ4v) is 2.57. The number of nitrogens with one attached hydrogen (secondary N) is 2. The Morgan fingerprint density at radius 3 is 2.92 bits per heavy atom. The van der Waals surface area contributed by atoms with Gasteiger partial charge in [0.25, 0.3) is 0 Å². The molecule has 1 aromatic rings. The Morgan fingerprint density at radius 2 is 2.29 bits per heavy atom. The summed E-state index contributed by atoms with van der Waals surface area (Å²) >= 11 is 0. The van der Waals surface area contributed by atoms with Gasteiger partial charge in [0, 0.05) is 13.6 Å². The predicted molar refractivity (Wildman–Crippen MR) is 94.0 cm³/mol. The number of hydrogen-bond donors (Lipinski definition) is 2. The van der Waals surface area contributed by atoms with E-state index in [1.807, 2.05) is 13.0 Å². The van der Waals surface area contributed by atoms with Gasteiger partial charge in [0.05, 0.1) is 26.4 Å². The maximum absolute atomic E-state index is 13.8. The molecule has 0 saturated carbocycles. The average Bonchev–Trinajstić information content (AvgIpc) is 2.61. The van der Waals surface area contributed by atoms with Crippen molar-refractivity contribution in [2.24, 2.45) is 4.99 Å². The van der Waals surface area contributed by atoms with Gasteiger partial charge in [0.15, 0.2) is 17.5 Å². The molecule has 0 saturated heterocycles. The van der Waals surface area contributed by atoms with Gasteiger partial charge >= 0.3 is 0 Å². The summed E-state index contributed by atoms with van der Waals surface area (Å²) in [4.78, 5) is 4.22. The molecular formula is C18H26FN3O2. The van der Waals surface area contributed by atoms with E-state index in [0.717, 1.165) is 31.6 Å². The number of ether oxygens (including phenoxy) is 2. The molecule has 1 heterocycles. The van der Waals surface area contributed by atoms with E-state index in [1.165, 1.54) is 18.7 Å². The quantitative estimate of drug-likeness (QED) is 0.477. The van der Waals surface area contributed by atoms with Crippen molar-refractivity contribution in [3.8, 4) is 5.75 Å². The lowest BCUT2D eigenvalue weighted by Crippen LogP contribution is -2.39. The minimum Gasteiger partial charge on any atom is -0.494 e. The summed E-state index contributed by atoms with van der Waals surface area (Å²) in [5, 5.41) is 6.57. The molecule has 1 aromatic carbocycles. The number of benzene rings is 1. The van der Waals surface area contributed by atoms with Gasteiger partial charge < -0.3 is 20.1 Å². The zero-order chi connectivity index (χ0) is 17.4. The first-order chi connectivity index (χ1) is 11.6. The zero-order valence-corrected chi connectivity index (χ0v) is 14.6. The van der Waals surface area contributed by atoms with Gasteiger partial charge in [-0.2, -0.15) is 0 Å². The Kier molecular flexibility index (Phi) is 7.06. The molecular weight excluding hydrogens is 309 g/mol. The van der Waals surface area contributed by atoms with Gasteiger partial charge in [-0.25, -0.2) is 4.39 Å². The van der Waals surface area contributed by atoms with Crippen LogP contribution < -0.4 is 15.4 Å². The SMILES string of the molecule is CN=C(NCCC1=CCOCC1)NC(C)c1ccc(OC)c(F)c1. The second kappa shape index (κ2) is 9.27. The van der Waals surface area contributed by atoms with E-state index in [0.29, 0.717) is 12.6 Å². The molecule has 1 unspecified atom stereocenters. The Bertz CT molecular complexity index is 602. The number of halogens is 1. The third-order valence-electron chi connectivity index (χ3n) is 4.05. The molecule has 5 nitrogen and oxygen atoms in total. The lowest BCUT2D eigenvalue weighted by molar-refractivity contribution is 0.153. The fraction of sp³-hybridized carbons (Fsp3) is 0.500. The van der Waals surface area contributed by atoms with Gasteiger partial charge in [-0.15, -0.1) is 0 Å². The number of guanidine groups is 1. The van der Waals surface area contributed by atoms with Crippen LogP contribution in [0.3, 0.4) is 0 Å². The number of methoxy groups -OCH3 is 1. The first-order valence-corrected chi connectivity index (χ1v) is 8.20. The van der Waals surface area contributed by atoms with E-state index in [4.69, 9.17) is 9.47 Å². The Morgan fingerprint density at radius 1 is 1.46 bits per heavy atom. The maximum Gasteiger partial charge on any atom is 0.191 e. The predicted octanol–water partition coefficient (Wildman–Crippen LogP) is 2.80. The summed E-state index contributed by atoms with van der Waals surface area (Å²) in [5.74, 6) is 0.586. The average molecular weight is 335 g/mol. The third kappa shape index (κ3) is 5.23. The van der Waals surface area contributed by atoms with Crippen molar-refractivity contribution in [3.05, 3.63) is 41.2 Å². The fourth-order valence-electron chi connectivity index (χ4n) is 2.57. The zero-order valence-electron chi connectivity index (χ0n) is 14.6. The summed E-state index contributed by atoms with van der Waals surface area (Å²) in [5.41, 5.74) is 2.25. The van der Waals surface area contributed by atoms with E-state index < -0.39 is 0 Å². The van der Waals surface area contributed by atoms with Gasteiger partial charge in [-0.1, -0.05) is 17.7 Å². The molecule has 0 aromatic heterocycles. The summed E-state index contributed by atoms with van der Waals surface area (Å²) in [6.45, 7) is 4.28. The monoisotopic (exact) mass is 335 g/mol. The molecule has 24 heavy (non-hydrogen) atoms. The van der Waals surface area contributed by atoms with E-state index in [1.54, 1.807) is 13.1 Å². The van der Waals surface area contributed by atoms with Crippen LogP contribution >= 0.6 is 0 Å². The van der Waals surface area contributed by atoms with Crippen LogP contribution in [0.2, 0.25) is 0 Å². The summed E-state index contributed by atoms with van der Waals surface area (Å²) < 4.78 is 24.1. The molecule has 0 radical (unpaired) electrons. The Balaban J connectivity index is 1.85. The van der Waals surface area contributed by atoms with Crippen molar-refractivity contribution in [3.63, 3.8) is 0 Å². The van der Waals surface area contributed by atoms with Crippen molar-refractivity contribution in [1.29, 1.82) is 0 Å². The Hall–Kier alpha value is -2.08. The highest BCUT2D eigenvalue weighted by molar-refractivity contribution is 5.80. The Labute approximate surface area is 143 Å². The van der Waals surface area contributed by atoms with Crippen LogP contribution in [0.4, 0.5) is 4.39 Å². The summed E-state index contributed by atoms with van der Waals surface area (Å²) in [6, 6.07) is 4.89. The van der Waals surface area contributed by atoms with Gasteiger partial charge in [0.1, 0.15) is 0 Å². The van der Waals surface area contributed by atoms with Crippen LogP contribution in [0, 0.1) is 5.82 Å². The van der Waals surface area contributed by atoms with E-state index in [-0.39, 0.29) is 17.6 Å². The second-order valence-electron chi connectivity index (χ2n) is 5.70. The molecule has 6 heteroatoms. The minimum atomic E-state index is -0.363.